The molecule has 1 amide bonds. The maximum absolute atomic E-state index is 11.5. The Hall–Kier alpha value is -1.59. The van der Waals surface area contributed by atoms with E-state index in [1.807, 2.05) is 30.1 Å². The minimum absolute atomic E-state index is 0.250. The molecule has 1 aliphatic heterocycles. The fourth-order valence-electron chi connectivity index (χ4n) is 2.67. The van der Waals surface area contributed by atoms with Crippen LogP contribution in [0.2, 0.25) is 5.02 Å². The minimum atomic E-state index is -0.250. The highest BCUT2D eigenvalue weighted by atomic mass is 35.5. The molecule has 1 unspecified atom stereocenters. The largest absolute Gasteiger partial charge is 0.483 e. The summed E-state index contributed by atoms with van der Waals surface area (Å²) in [4.78, 5) is 23.9. The van der Waals surface area contributed by atoms with Crippen molar-refractivity contribution in [2.45, 2.75) is 19.4 Å². The molecule has 2 rings (SSSR count). The van der Waals surface area contributed by atoms with Crippen LogP contribution in [-0.4, -0.2) is 54.5 Å². The highest BCUT2D eigenvalue weighted by molar-refractivity contribution is 6.31. The fourth-order valence-corrected chi connectivity index (χ4v) is 2.87. The number of hydrogen-bond donors (Lipinski definition) is 1. The van der Waals surface area contributed by atoms with Gasteiger partial charge in [-0.1, -0.05) is 29.8 Å². The molecule has 1 heterocycles. The minimum Gasteiger partial charge on any atom is -0.483 e. The van der Waals surface area contributed by atoms with E-state index in [1.54, 1.807) is 0 Å². The van der Waals surface area contributed by atoms with Gasteiger partial charge in [-0.05, 0) is 31.0 Å². The summed E-state index contributed by atoms with van der Waals surface area (Å²) in [7, 11) is 4.00. The Morgan fingerprint density at radius 3 is 2.68 bits per heavy atom. The van der Waals surface area contributed by atoms with Crippen LogP contribution in [0.1, 0.15) is 18.4 Å². The molecule has 1 aromatic carbocycles. The van der Waals surface area contributed by atoms with E-state index < -0.39 is 0 Å². The molecule has 0 aliphatic carbocycles. The van der Waals surface area contributed by atoms with E-state index in [2.05, 4.69) is 18.0 Å². The normalized spacial score (nSPS) is 17.9. The van der Waals surface area contributed by atoms with Crippen molar-refractivity contribution in [2.75, 3.05) is 27.2 Å². The number of benzene rings is 1. The van der Waals surface area contributed by atoms with E-state index in [9.17, 15) is 4.79 Å². The molecular formula is C16H23ClN2O3. The number of likely N-dealkylation sites (tertiary alicyclic amines) is 1. The third-order valence-electron chi connectivity index (χ3n) is 3.69. The highest BCUT2D eigenvalue weighted by Crippen LogP contribution is 2.20. The first-order chi connectivity index (χ1) is 10.5. The van der Waals surface area contributed by atoms with Crippen molar-refractivity contribution in [3.05, 3.63) is 34.9 Å². The van der Waals surface area contributed by atoms with Crippen molar-refractivity contribution < 1.29 is 14.7 Å². The number of carbonyl (C=O) groups is 2. The van der Waals surface area contributed by atoms with Crippen LogP contribution in [0, 0.1) is 5.92 Å². The zero-order chi connectivity index (χ0) is 16.5. The maximum atomic E-state index is 11.5. The van der Waals surface area contributed by atoms with Gasteiger partial charge in [0.15, 0.2) is 0 Å². The van der Waals surface area contributed by atoms with Gasteiger partial charge in [0.1, 0.15) is 0 Å². The molecule has 0 saturated carbocycles. The molecule has 5 nitrogen and oxygen atoms in total. The number of carboxylic acid groups (broad SMARTS) is 1. The Balaban J connectivity index is 0.000000745. The third kappa shape index (κ3) is 6.03. The SMILES string of the molecule is CN(Cc1ccccc1Cl)CC1CCC(=O)N(C)C1.O=CO. The summed E-state index contributed by atoms with van der Waals surface area (Å²) in [5.41, 5.74) is 1.16. The second-order valence-electron chi connectivity index (χ2n) is 5.57. The summed E-state index contributed by atoms with van der Waals surface area (Å²) in [5.74, 6) is 0.834. The number of rotatable bonds is 4. The van der Waals surface area contributed by atoms with Crippen molar-refractivity contribution in [1.29, 1.82) is 0 Å². The van der Waals surface area contributed by atoms with Crippen LogP contribution in [0.5, 0.6) is 0 Å². The Kier molecular flexibility index (Phi) is 7.91. The maximum Gasteiger partial charge on any atom is 0.290 e. The molecule has 6 heteroatoms. The van der Waals surface area contributed by atoms with Gasteiger partial charge >= 0.3 is 0 Å². The van der Waals surface area contributed by atoms with Crippen molar-refractivity contribution in [1.82, 2.24) is 9.80 Å². The quantitative estimate of drug-likeness (QED) is 0.863. The molecular weight excluding hydrogens is 304 g/mol. The molecule has 1 atom stereocenters. The van der Waals surface area contributed by atoms with Crippen LogP contribution in [0.4, 0.5) is 0 Å². The van der Waals surface area contributed by atoms with Crippen LogP contribution in [0.25, 0.3) is 0 Å². The lowest BCUT2D eigenvalue weighted by Crippen LogP contribution is -2.41. The number of carbonyl (C=O) groups excluding carboxylic acids is 1. The van der Waals surface area contributed by atoms with Crippen LogP contribution in [0.15, 0.2) is 24.3 Å². The van der Waals surface area contributed by atoms with E-state index >= 15 is 0 Å². The van der Waals surface area contributed by atoms with E-state index in [4.69, 9.17) is 21.5 Å². The second kappa shape index (κ2) is 9.43. The predicted molar refractivity (Wildman–Crippen MR) is 86.8 cm³/mol. The van der Waals surface area contributed by atoms with E-state index in [-0.39, 0.29) is 12.4 Å². The molecule has 22 heavy (non-hydrogen) atoms. The van der Waals surface area contributed by atoms with Crippen molar-refractivity contribution in [2.24, 2.45) is 5.92 Å². The molecule has 0 radical (unpaired) electrons. The van der Waals surface area contributed by atoms with E-state index in [1.165, 1.54) is 0 Å². The van der Waals surface area contributed by atoms with Gasteiger partial charge in [0.05, 0.1) is 0 Å². The average molecular weight is 327 g/mol. The molecule has 122 valence electrons. The Morgan fingerprint density at radius 1 is 1.45 bits per heavy atom. The average Bonchev–Trinajstić information content (AvgIpc) is 2.46. The van der Waals surface area contributed by atoms with Gasteiger partial charge < -0.3 is 14.9 Å². The predicted octanol–water partition coefficient (Wildman–Crippen LogP) is 2.34. The van der Waals surface area contributed by atoms with Crippen LogP contribution < -0.4 is 0 Å². The topological polar surface area (TPSA) is 60.9 Å². The van der Waals surface area contributed by atoms with Crippen LogP contribution in [0.3, 0.4) is 0 Å². The van der Waals surface area contributed by atoms with E-state index in [0.717, 1.165) is 36.6 Å². The molecule has 1 fully saturated rings. The summed E-state index contributed by atoms with van der Waals surface area (Å²) in [6, 6.07) is 7.96. The smallest absolute Gasteiger partial charge is 0.290 e. The number of amides is 1. The molecule has 1 N–H and O–H groups in total. The van der Waals surface area contributed by atoms with Gasteiger partial charge in [0, 0.05) is 38.1 Å². The highest BCUT2D eigenvalue weighted by Gasteiger charge is 2.23. The zero-order valence-electron chi connectivity index (χ0n) is 13.0. The first kappa shape index (κ1) is 18.5. The van der Waals surface area contributed by atoms with Gasteiger partial charge in [0.2, 0.25) is 5.91 Å². The standard InChI is InChI=1S/C15H21ClN2O.CH2O2/c1-17(11-13-5-3-4-6-14(13)16)9-12-7-8-15(19)18(2)10-12;2-1-3/h3-6,12H,7-11H2,1-2H3;1H,(H,2,3). The molecule has 1 saturated heterocycles. The summed E-state index contributed by atoms with van der Waals surface area (Å²) < 4.78 is 0. The third-order valence-corrected chi connectivity index (χ3v) is 4.06. The van der Waals surface area contributed by atoms with Gasteiger partial charge in [-0.2, -0.15) is 0 Å². The van der Waals surface area contributed by atoms with Gasteiger partial charge in [-0.25, -0.2) is 0 Å². The molecule has 0 aromatic heterocycles. The van der Waals surface area contributed by atoms with E-state index in [0.29, 0.717) is 12.3 Å². The van der Waals surface area contributed by atoms with Gasteiger partial charge in [0.25, 0.3) is 6.47 Å². The second-order valence-corrected chi connectivity index (χ2v) is 5.98. The number of halogens is 1. The lowest BCUT2D eigenvalue weighted by Gasteiger charge is -2.32. The summed E-state index contributed by atoms with van der Waals surface area (Å²) in [5, 5.41) is 7.71. The van der Waals surface area contributed by atoms with Crippen molar-refractivity contribution in [3.8, 4) is 0 Å². The zero-order valence-corrected chi connectivity index (χ0v) is 13.8. The Morgan fingerprint density at radius 2 is 2.09 bits per heavy atom. The Bertz CT molecular complexity index is 496. The fraction of sp³-hybridized carbons (Fsp3) is 0.500. The monoisotopic (exact) mass is 326 g/mol. The molecule has 1 aliphatic rings. The lowest BCUT2D eigenvalue weighted by molar-refractivity contribution is -0.133. The number of nitrogens with zero attached hydrogens (tertiary/aromatic N) is 2. The first-order valence-electron chi connectivity index (χ1n) is 7.21. The van der Waals surface area contributed by atoms with Crippen LogP contribution >= 0.6 is 11.6 Å². The number of piperidine rings is 1. The molecule has 1 aromatic rings. The van der Waals surface area contributed by atoms with Gasteiger partial charge in [-0.3, -0.25) is 9.59 Å². The summed E-state index contributed by atoms with van der Waals surface area (Å²) >= 11 is 6.17. The molecule has 0 spiro atoms. The van der Waals surface area contributed by atoms with Gasteiger partial charge in [-0.15, -0.1) is 0 Å². The van der Waals surface area contributed by atoms with Crippen molar-refractivity contribution in [3.63, 3.8) is 0 Å². The number of hydrogen-bond acceptors (Lipinski definition) is 3. The van der Waals surface area contributed by atoms with Crippen molar-refractivity contribution >= 4 is 24.0 Å². The lowest BCUT2D eigenvalue weighted by atomic mass is 9.97. The van der Waals surface area contributed by atoms with Crippen LogP contribution in [-0.2, 0) is 16.1 Å². The first-order valence-corrected chi connectivity index (χ1v) is 7.59. The Labute approximate surface area is 136 Å². The summed E-state index contributed by atoms with van der Waals surface area (Å²) in [6.07, 6.45) is 1.68. The summed E-state index contributed by atoms with van der Waals surface area (Å²) in [6.45, 7) is 2.47. The molecule has 0 bridgehead atoms.